The SMILES string of the molecule is COc1ccccc1/C(C)=C/C(=O)Nc1cnn(-c2ccccc2)c1. The summed E-state index contributed by atoms with van der Waals surface area (Å²) in [6.07, 6.45) is 4.95. The number of nitrogens with zero attached hydrogens (tertiary/aromatic N) is 2. The number of nitrogens with one attached hydrogen (secondary N) is 1. The van der Waals surface area contributed by atoms with Crippen molar-refractivity contribution in [1.29, 1.82) is 0 Å². The number of rotatable bonds is 5. The molecule has 3 aromatic rings. The van der Waals surface area contributed by atoms with Gasteiger partial charge in [0.05, 0.1) is 30.9 Å². The van der Waals surface area contributed by atoms with E-state index in [-0.39, 0.29) is 5.91 Å². The molecule has 5 heteroatoms. The maximum absolute atomic E-state index is 12.3. The number of aromatic nitrogens is 2. The van der Waals surface area contributed by atoms with Crippen molar-refractivity contribution in [2.45, 2.75) is 6.92 Å². The van der Waals surface area contributed by atoms with E-state index in [1.807, 2.05) is 61.5 Å². The standard InChI is InChI=1S/C20H19N3O2/c1-15(18-10-6-7-11-19(18)25-2)12-20(24)22-16-13-21-23(14-16)17-8-4-3-5-9-17/h3-14H,1-2H3,(H,22,24)/b15-12+. The molecule has 0 saturated carbocycles. The summed E-state index contributed by atoms with van der Waals surface area (Å²) in [4.78, 5) is 12.3. The highest BCUT2D eigenvalue weighted by atomic mass is 16.5. The Kier molecular flexibility index (Phi) is 4.95. The van der Waals surface area contributed by atoms with Crippen molar-refractivity contribution < 1.29 is 9.53 Å². The van der Waals surface area contributed by atoms with E-state index in [0.717, 1.165) is 22.6 Å². The van der Waals surface area contributed by atoms with Crippen LogP contribution in [0.5, 0.6) is 5.75 Å². The Balaban J connectivity index is 1.73. The third-order valence-electron chi connectivity index (χ3n) is 3.75. The Labute approximate surface area is 146 Å². The van der Waals surface area contributed by atoms with Gasteiger partial charge in [0, 0.05) is 11.6 Å². The number of ether oxygens (including phenoxy) is 1. The van der Waals surface area contributed by atoms with E-state index in [1.165, 1.54) is 0 Å². The molecule has 0 aliphatic rings. The average molecular weight is 333 g/mol. The fourth-order valence-electron chi connectivity index (χ4n) is 2.53. The van der Waals surface area contributed by atoms with Crippen LogP contribution in [0.1, 0.15) is 12.5 Å². The molecular formula is C20H19N3O2. The lowest BCUT2D eigenvalue weighted by atomic mass is 10.1. The van der Waals surface area contributed by atoms with E-state index in [2.05, 4.69) is 10.4 Å². The maximum atomic E-state index is 12.3. The molecule has 3 rings (SSSR count). The van der Waals surface area contributed by atoms with Gasteiger partial charge in [0.25, 0.3) is 0 Å². The van der Waals surface area contributed by atoms with E-state index in [4.69, 9.17) is 4.74 Å². The number of allylic oxidation sites excluding steroid dienone is 1. The van der Waals surface area contributed by atoms with E-state index >= 15 is 0 Å². The lowest BCUT2D eigenvalue weighted by Crippen LogP contribution is -2.08. The lowest BCUT2D eigenvalue weighted by Gasteiger charge is -2.08. The first-order valence-electron chi connectivity index (χ1n) is 7.90. The topological polar surface area (TPSA) is 56.1 Å². The van der Waals surface area contributed by atoms with Gasteiger partial charge in [-0.05, 0) is 30.7 Å². The zero-order valence-electron chi connectivity index (χ0n) is 14.1. The van der Waals surface area contributed by atoms with Crippen LogP contribution in [-0.4, -0.2) is 22.8 Å². The highest BCUT2D eigenvalue weighted by Crippen LogP contribution is 2.25. The molecule has 0 saturated heterocycles. The van der Waals surface area contributed by atoms with Gasteiger partial charge in [-0.2, -0.15) is 5.10 Å². The van der Waals surface area contributed by atoms with Crippen LogP contribution in [0.4, 0.5) is 5.69 Å². The molecule has 25 heavy (non-hydrogen) atoms. The molecule has 1 aromatic heterocycles. The summed E-state index contributed by atoms with van der Waals surface area (Å²) in [7, 11) is 1.62. The second-order valence-electron chi connectivity index (χ2n) is 5.53. The third-order valence-corrected chi connectivity index (χ3v) is 3.75. The minimum absolute atomic E-state index is 0.212. The summed E-state index contributed by atoms with van der Waals surface area (Å²) in [5.41, 5.74) is 3.28. The summed E-state index contributed by atoms with van der Waals surface area (Å²) in [6.45, 7) is 1.88. The fraction of sp³-hybridized carbons (Fsp3) is 0.100. The average Bonchev–Trinajstić information content (AvgIpc) is 3.10. The maximum Gasteiger partial charge on any atom is 0.248 e. The van der Waals surface area contributed by atoms with Crippen molar-refractivity contribution in [2.24, 2.45) is 0 Å². The molecule has 1 N–H and O–H groups in total. The van der Waals surface area contributed by atoms with Gasteiger partial charge in [-0.1, -0.05) is 36.4 Å². The third kappa shape index (κ3) is 3.95. The van der Waals surface area contributed by atoms with E-state index in [9.17, 15) is 4.79 Å². The second kappa shape index (κ2) is 7.49. The normalized spacial score (nSPS) is 11.2. The van der Waals surface area contributed by atoms with Gasteiger partial charge in [-0.3, -0.25) is 4.79 Å². The molecule has 1 amide bonds. The van der Waals surface area contributed by atoms with Crippen molar-refractivity contribution >= 4 is 17.2 Å². The van der Waals surface area contributed by atoms with Crippen molar-refractivity contribution in [2.75, 3.05) is 12.4 Å². The summed E-state index contributed by atoms with van der Waals surface area (Å²) in [6, 6.07) is 17.3. The van der Waals surface area contributed by atoms with Gasteiger partial charge in [-0.25, -0.2) is 4.68 Å². The van der Waals surface area contributed by atoms with E-state index in [1.54, 1.807) is 30.3 Å². The molecule has 0 spiro atoms. The predicted octanol–water partition coefficient (Wildman–Crippen LogP) is 3.92. The zero-order valence-corrected chi connectivity index (χ0v) is 14.1. The Morgan fingerprint density at radius 1 is 1.12 bits per heavy atom. The van der Waals surface area contributed by atoms with Gasteiger partial charge in [0.1, 0.15) is 5.75 Å². The molecule has 5 nitrogen and oxygen atoms in total. The minimum atomic E-state index is -0.212. The van der Waals surface area contributed by atoms with Crippen molar-refractivity contribution in [3.8, 4) is 11.4 Å². The van der Waals surface area contributed by atoms with Gasteiger partial charge < -0.3 is 10.1 Å². The summed E-state index contributed by atoms with van der Waals surface area (Å²) < 4.78 is 7.05. The van der Waals surface area contributed by atoms with Gasteiger partial charge in [0.15, 0.2) is 0 Å². The number of benzene rings is 2. The first-order valence-corrected chi connectivity index (χ1v) is 7.90. The quantitative estimate of drug-likeness (QED) is 0.720. The molecule has 0 fully saturated rings. The van der Waals surface area contributed by atoms with Crippen LogP contribution in [0.3, 0.4) is 0 Å². The monoisotopic (exact) mass is 333 g/mol. The number of carbonyl (C=O) groups is 1. The fourth-order valence-corrected chi connectivity index (χ4v) is 2.53. The predicted molar refractivity (Wildman–Crippen MR) is 98.8 cm³/mol. The number of para-hydroxylation sites is 2. The highest BCUT2D eigenvalue weighted by molar-refractivity contribution is 6.04. The van der Waals surface area contributed by atoms with Crippen LogP contribution in [0, 0.1) is 0 Å². The first-order chi connectivity index (χ1) is 12.2. The van der Waals surface area contributed by atoms with Gasteiger partial charge in [0.2, 0.25) is 5.91 Å². The van der Waals surface area contributed by atoms with Crippen LogP contribution in [0.25, 0.3) is 11.3 Å². The molecule has 0 unspecified atom stereocenters. The number of hydrogen-bond acceptors (Lipinski definition) is 3. The largest absolute Gasteiger partial charge is 0.496 e. The van der Waals surface area contributed by atoms with Crippen LogP contribution >= 0.6 is 0 Å². The molecule has 1 heterocycles. The molecule has 126 valence electrons. The zero-order chi connectivity index (χ0) is 17.6. The lowest BCUT2D eigenvalue weighted by molar-refractivity contribution is -0.111. The number of methoxy groups -OCH3 is 1. The van der Waals surface area contributed by atoms with Crippen molar-refractivity contribution in [1.82, 2.24) is 9.78 Å². The molecule has 0 radical (unpaired) electrons. The second-order valence-corrected chi connectivity index (χ2v) is 5.53. The molecule has 0 aliphatic heterocycles. The van der Waals surface area contributed by atoms with Crippen molar-refractivity contribution in [3.63, 3.8) is 0 Å². The number of hydrogen-bond donors (Lipinski definition) is 1. The molecule has 2 aromatic carbocycles. The highest BCUT2D eigenvalue weighted by Gasteiger charge is 2.07. The van der Waals surface area contributed by atoms with Crippen LogP contribution in [0.2, 0.25) is 0 Å². The molecule has 0 atom stereocenters. The Bertz CT molecular complexity index is 898. The number of carbonyl (C=O) groups excluding carboxylic acids is 1. The summed E-state index contributed by atoms with van der Waals surface area (Å²) in [5.74, 6) is 0.525. The number of amides is 1. The Hall–Kier alpha value is -3.34. The molecular weight excluding hydrogens is 314 g/mol. The summed E-state index contributed by atoms with van der Waals surface area (Å²) in [5, 5.41) is 7.10. The summed E-state index contributed by atoms with van der Waals surface area (Å²) >= 11 is 0. The molecule has 0 bridgehead atoms. The van der Waals surface area contributed by atoms with E-state index < -0.39 is 0 Å². The van der Waals surface area contributed by atoms with E-state index in [0.29, 0.717) is 5.69 Å². The minimum Gasteiger partial charge on any atom is -0.496 e. The number of anilines is 1. The van der Waals surface area contributed by atoms with Crippen LogP contribution < -0.4 is 10.1 Å². The first kappa shape index (κ1) is 16.5. The van der Waals surface area contributed by atoms with Gasteiger partial charge >= 0.3 is 0 Å². The molecule has 0 aliphatic carbocycles. The smallest absolute Gasteiger partial charge is 0.248 e. The van der Waals surface area contributed by atoms with Gasteiger partial charge in [-0.15, -0.1) is 0 Å². The van der Waals surface area contributed by atoms with Crippen LogP contribution in [-0.2, 0) is 4.79 Å². The van der Waals surface area contributed by atoms with Crippen LogP contribution in [0.15, 0.2) is 73.1 Å². The Morgan fingerprint density at radius 3 is 2.60 bits per heavy atom. The van der Waals surface area contributed by atoms with Crippen molar-refractivity contribution in [3.05, 3.63) is 78.6 Å². The Morgan fingerprint density at radius 2 is 1.84 bits per heavy atom.